The van der Waals surface area contributed by atoms with Crippen LogP contribution in [-0.2, 0) is 16.0 Å². The Labute approximate surface area is 93.8 Å². The molecule has 1 atom stereocenters. The highest BCUT2D eigenvalue weighted by Gasteiger charge is 2.45. The summed E-state index contributed by atoms with van der Waals surface area (Å²) in [6, 6.07) is 4.84. The highest BCUT2D eigenvalue weighted by atomic mass is 16.6. The lowest BCUT2D eigenvalue weighted by molar-refractivity contribution is -0.157. The van der Waals surface area contributed by atoms with Gasteiger partial charge in [-0.3, -0.25) is 0 Å². The van der Waals surface area contributed by atoms with Gasteiger partial charge in [-0.1, -0.05) is 6.92 Å². The van der Waals surface area contributed by atoms with Gasteiger partial charge in [-0.15, -0.1) is 0 Å². The van der Waals surface area contributed by atoms with E-state index < -0.39 is 5.60 Å². The molecule has 0 saturated carbocycles. The lowest BCUT2D eigenvalue weighted by Crippen LogP contribution is -2.43. The molecule has 1 aromatic carbocycles. The summed E-state index contributed by atoms with van der Waals surface area (Å²) in [5.74, 6) is 0.454. The van der Waals surface area contributed by atoms with Gasteiger partial charge in [0.2, 0.25) is 5.60 Å². The number of carbonyl (C=O) groups excluding carboxylic acids is 1. The van der Waals surface area contributed by atoms with E-state index in [2.05, 4.69) is 0 Å². The van der Waals surface area contributed by atoms with Crippen LogP contribution in [0.2, 0.25) is 0 Å². The van der Waals surface area contributed by atoms with Crippen LogP contribution in [-0.4, -0.2) is 23.8 Å². The number of benzene rings is 1. The molecular weight excluding hydrogens is 208 g/mol. The Morgan fingerprint density at radius 1 is 1.62 bits per heavy atom. The number of methoxy groups -OCH3 is 1. The highest BCUT2D eigenvalue weighted by molar-refractivity contribution is 5.81. The smallest absolute Gasteiger partial charge is 0.350 e. The van der Waals surface area contributed by atoms with Crippen molar-refractivity contribution in [3.8, 4) is 11.5 Å². The summed E-state index contributed by atoms with van der Waals surface area (Å²) >= 11 is 0. The fraction of sp³-hybridized carbons (Fsp3) is 0.417. The number of hydrogen-bond acceptors (Lipinski definition) is 4. The van der Waals surface area contributed by atoms with Crippen LogP contribution < -0.4 is 4.74 Å². The van der Waals surface area contributed by atoms with Gasteiger partial charge in [0, 0.05) is 12.0 Å². The number of phenolic OH excluding ortho intramolecular Hbond substituents is 1. The normalized spacial score (nSPS) is 22.4. The Morgan fingerprint density at radius 3 is 3.00 bits per heavy atom. The van der Waals surface area contributed by atoms with Crippen molar-refractivity contribution >= 4 is 5.97 Å². The number of hydrogen-bond donors (Lipinski definition) is 1. The first-order valence-corrected chi connectivity index (χ1v) is 5.20. The maximum atomic E-state index is 11.7. The van der Waals surface area contributed by atoms with E-state index in [1.807, 2.05) is 6.92 Å². The third-order valence-corrected chi connectivity index (χ3v) is 2.95. The van der Waals surface area contributed by atoms with E-state index in [9.17, 15) is 9.90 Å². The Balaban J connectivity index is 2.35. The molecule has 16 heavy (non-hydrogen) atoms. The van der Waals surface area contributed by atoms with Crippen molar-refractivity contribution in [2.75, 3.05) is 7.11 Å². The number of esters is 1. The van der Waals surface area contributed by atoms with Crippen LogP contribution in [0.15, 0.2) is 18.2 Å². The standard InChI is InChI=1S/C12H14O4/c1-3-12(11(14)15-2)7-8-6-9(13)4-5-10(8)16-12/h4-6,13H,3,7H2,1-2H3. The van der Waals surface area contributed by atoms with Crippen molar-refractivity contribution in [2.45, 2.75) is 25.4 Å². The van der Waals surface area contributed by atoms with E-state index in [0.29, 0.717) is 18.6 Å². The number of aromatic hydroxyl groups is 1. The van der Waals surface area contributed by atoms with Gasteiger partial charge in [-0.05, 0) is 24.6 Å². The fourth-order valence-corrected chi connectivity index (χ4v) is 2.00. The van der Waals surface area contributed by atoms with Crippen LogP contribution in [0.3, 0.4) is 0 Å². The molecule has 1 N–H and O–H groups in total. The van der Waals surface area contributed by atoms with Crippen LogP contribution in [0.1, 0.15) is 18.9 Å². The summed E-state index contributed by atoms with van der Waals surface area (Å²) in [6.45, 7) is 1.88. The van der Waals surface area contributed by atoms with Gasteiger partial charge in [0.1, 0.15) is 11.5 Å². The van der Waals surface area contributed by atoms with Gasteiger partial charge in [-0.2, -0.15) is 0 Å². The molecule has 2 rings (SSSR count). The molecule has 0 spiro atoms. The van der Waals surface area contributed by atoms with Crippen molar-refractivity contribution < 1.29 is 19.4 Å². The largest absolute Gasteiger partial charge is 0.508 e. The van der Waals surface area contributed by atoms with Crippen LogP contribution >= 0.6 is 0 Å². The molecule has 0 saturated heterocycles. The molecule has 0 aliphatic carbocycles. The third kappa shape index (κ3) is 1.50. The average Bonchev–Trinajstić information content (AvgIpc) is 2.67. The van der Waals surface area contributed by atoms with Crippen molar-refractivity contribution in [3.63, 3.8) is 0 Å². The van der Waals surface area contributed by atoms with Gasteiger partial charge in [0.15, 0.2) is 0 Å². The molecule has 0 radical (unpaired) electrons. The van der Waals surface area contributed by atoms with Crippen LogP contribution in [0.5, 0.6) is 11.5 Å². The molecule has 1 aliphatic heterocycles. The van der Waals surface area contributed by atoms with Gasteiger partial charge in [0.25, 0.3) is 0 Å². The number of rotatable bonds is 2. The number of carbonyl (C=O) groups is 1. The van der Waals surface area contributed by atoms with E-state index in [0.717, 1.165) is 5.56 Å². The van der Waals surface area contributed by atoms with Crippen molar-refractivity contribution in [1.29, 1.82) is 0 Å². The number of fused-ring (bicyclic) bond motifs is 1. The summed E-state index contributed by atoms with van der Waals surface area (Å²) in [4.78, 5) is 11.7. The number of ether oxygens (including phenoxy) is 2. The molecule has 0 amide bonds. The van der Waals surface area contributed by atoms with Gasteiger partial charge < -0.3 is 14.6 Å². The van der Waals surface area contributed by atoms with E-state index >= 15 is 0 Å². The number of phenols is 1. The van der Waals surface area contributed by atoms with E-state index in [-0.39, 0.29) is 11.7 Å². The lowest BCUT2D eigenvalue weighted by atomic mass is 9.94. The van der Waals surface area contributed by atoms with Crippen molar-refractivity contribution in [3.05, 3.63) is 23.8 Å². The molecule has 4 heteroatoms. The van der Waals surface area contributed by atoms with Gasteiger partial charge in [0.05, 0.1) is 7.11 Å². The Morgan fingerprint density at radius 2 is 2.38 bits per heavy atom. The SMILES string of the molecule is CCC1(C(=O)OC)Cc2cc(O)ccc2O1. The van der Waals surface area contributed by atoms with Gasteiger partial charge in [-0.25, -0.2) is 4.79 Å². The maximum Gasteiger partial charge on any atom is 0.350 e. The predicted octanol–water partition coefficient (Wildman–Crippen LogP) is 1.65. The minimum atomic E-state index is -0.926. The lowest BCUT2D eigenvalue weighted by Gasteiger charge is -2.23. The van der Waals surface area contributed by atoms with Gasteiger partial charge >= 0.3 is 5.97 Å². The zero-order chi connectivity index (χ0) is 11.8. The van der Waals surface area contributed by atoms with Crippen LogP contribution in [0.4, 0.5) is 0 Å². The monoisotopic (exact) mass is 222 g/mol. The second-order valence-corrected chi connectivity index (χ2v) is 3.91. The molecule has 4 nitrogen and oxygen atoms in total. The molecule has 0 aromatic heterocycles. The second-order valence-electron chi connectivity index (χ2n) is 3.91. The molecule has 0 bridgehead atoms. The van der Waals surface area contributed by atoms with E-state index in [4.69, 9.17) is 9.47 Å². The van der Waals surface area contributed by atoms with E-state index in [1.54, 1.807) is 18.2 Å². The second kappa shape index (κ2) is 3.70. The summed E-state index contributed by atoms with van der Waals surface area (Å²) in [6.07, 6.45) is 0.981. The minimum Gasteiger partial charge on any atom is -0.508 e. The molecule has 1 unspecified atom stereocenters. The average molecular weight is 222 g/mol. The summed E-state index contributed by atoms with van der Waals surface area (Å²) in [5, 5.41) is 9.36. The molecule has 1 aliphatic rings. The fourth-order valence-electron chi connectivity index (χ4n) is 2.00. The summed E-state index contributed by atoms with van der Waals surface area (Å²) < 4.78 is 10.4. The molecule has 1 heterocycles. The molecule has 86 valence electrons. The molecule has 0 fully saturated rings. The Bertz CT molecular complexity index is 427. The zero-order valence-electron chi connectivity index (χ0n) is 9.32. The predicted molar refractivity (Wildman–Crippen MR) is 57.5 cm³/mol. The Kier molecular flexibility index (Phi) is 2.50. The minimum absolute atomic E-state index is 0.180. The topological polar surface area (TPSA) is 55.8 Å². The summed E-state index contributed by atoms with van der Waals surface area (Å²) in [7, 11) is 1.35. The first-order valence-electron chi connectivity index (χ1n) is 5.20. The van der Waals surface area contributed by atoms with Crippen molar-refractivity contribution in [2.24, 2.45) is 0 Å². The zero-order valence-corrected chi connectivity index (χ0v) is 9.32. The summed E-state index contributed by atoms with van der Waals surface area (Å²) in [5.41, 5.74) is -0.0857. The maximum absolute atomic E-state index is 11.7. The Hall–Kier alpha value is -1.71. The highest BCUT2D eigenvalue weighted by Crippen LogP contribution is 2.39. The van der Waals surface area contributed by atoms with Crippen LogP contribution in [0, 0.1) is 0 Å². The van der Waals surface area contributed by atoms with E-state index in [1.165, 1.54) is 7.11 Å². The first kappa shape index (κ1) is 10.8. The van der Waals surface area contributed by atoms with Crippen molar-refractivity contribution in [1.82, 2.24) is 0 Å². The first-order chi connectivity index (χ1) is 7.61. The molecule has 1 aromatic rings. The third-order valence-electron chi connectivity index (χ3n) is 2.95. The molecular formula is C12H14O4. The quantitative estimate of drug-likeness (QED) is 0.773. The van der Waals surface area contributed by atoms with Crippen LogP contribution in [0.25, 0.3) is 0 Å².